The minimum absolute atomic E-state index is 0.166. The maximum Gasteiger partial charge on any atom is 0.282 e. The molecule has 1 N–H and O–H groups in total. The van der Waals surface area contributed by atoms with Crippen molar-refractivity contribution < 1.29 is 14.3 Å². The predicted octanol–water partition coefficient (Wildman–Crippen LogP) is 3.82. The van der Waals surface area contributed by atoms with E-state index in [0.29, 0.717) is 12.3 Å². The van der Waals surface area contributed by atoms with Crippen LogP contribution in [-0.4, -0.2) is 18.4 Å². The van der Waals surface area contributed by atoms with Crippen LogP contribution in [0.2, 0.25) is 0 Å². The summed E-state index contributed by atoms with van der Waals surface area (Å²) in [6.07, 6.45) is 6.85. The van der Waals surface area contributed by atoms with E-state index in [1.54, 1.807) is 18.2 Å². The molecule has 2 aliphatic rings. The summed E-state index contributed by atoms with van der Waals surface area (Å²) in [5.41, 5.74) is 6.83. The number of nitrogens with one attached hydrogen (secondary N) is 1. The molecule has 4 rings (SSSR count). The highest BCUT2D eigenvalue weighted by Crippen LogP contribution is 2.34. The average molecular weight is 376 g/mol. The van der Waals surface area contributed by atoms with Gasteiger partial charge in [0.15, 0.2) is 0 Å². The second kappa shape index (κ2) is 7.89. The number of ether oxygens (including phenoxy) is 1. The van der Waals surface area contributed by atoms with E-state index in [0.717, 1.165) is 43.4 Å². The maximum absolute atomic E-state index is 12.8. The molecular formula is C23H24N2O3. The maximum atomic E-state index is 12.8. The molecule has 2 aromatic carbocycles. The number of nitrogens with zero attached hydrogens (tertiary/aromatic N) is 1. The lowest BCUT2D eigenvalue weighted by molar-refractivity contribution is -0.117. The molecule has 5 nitrogen and oxygen atoms in total. The summed E-state index contributed by atoms with van der Waals surface area (Å²) in [5, 5.41) is 1.30. The van der Waals surface area contributed by atoms with Crippen LogP contribution in [0.5, 0.6) is 5.75 Å². The van der Waals surface area contributed by atoms with Crippen molar-refractivity contribution in [1.29, 1.82) is 0 Å². The lowest BCUT2D eigenvalue weighted by Crippen LogP contribution is -2.35. The van der Waals surface area contributed by atoms with Crippen LogP contribution in [0.4, 0.5) is 5.69 Å². The predicted molar refractivity (Wildman–Crippen MR) is 109 cm³/mol. The van der Waals surface area contributed by atoms with E-state index in [4.69, 9.17) is 4.74 Å². The zero-order valence-corrected chi connectivity index (χ0v) is 16.0. The number of hydrazine groups is 1. The molecule has 0 atom stereocenters. The third kappa shape index (κ3) is 3.40. The zero-order valence-electron chi connectivity index (χ0n) is 16.0. The molecule has 1 aliphatic carbocycles. The number of anilines is 1. The second-order valence-electron chi connectivity index (χ2n) is 7.14. The summed E-state index contributed by atoms with van der Waals surface area (Å²) >= 11 is 0. The fourth-order valence-corrected chi connectivity index (χ4v) is 3.82. The highest BCUT2D eigenvalue weighted by atomic mass is 16.5. The minimum Gasteiger partial charge on any atom is -0.493 e. The van der Waals surface area contributed by atoms with Crippen molar-refractivity contribution in [2.24, 2.45) is 0 Å². The van der Waals surface area contributed by atoms with Gasteiger partial charge in [-0.05, 0) is 73.1 Å². The van der Waals surface area contributed by atoms with Crippen LogP contribution < -0.4 is 15.2 Å². The van der Waals surface area contributed by atoms with Gasteiger partial charge in [-0.1, -0.05) is 31.2 Å². The van der Waals surface area contributed by atoms with Crippen LogP contribution in [0.1, 0.15) is 42.9 Å². The van der Waals surface area contributed by atoms with E-state index in [1.807, 2.05) is 30.3 Å². The van der Waals surface area contributed by atoms with Crippen LogP contribution in [0, 0.1) is 0 Å². The van der Waals surface area contributed by atoms with Crippen molar-refractivity contribution in [3.8, 4) is 5.75 Å². The van der Waals surface area contributed by atoms with Crippen molar-refractivity contribution in [1.82, 2.24) is 5.43 Å². The molecule has 1 heterocycles. The third-order valence-corrected chi connectivity index (χ3v) is 5.20. The molecule has 0 aromatic heterocycles. The van der Waals surface area contributed by atoms with Gasteiger partial charge in [-0.2, -0.15) is 0 Å². The number of hydrogen-bond donors (Lipinski definition) is 1. The first-order valence-electron chi connectivity index (χ1n) is 9.88. The van der Waals surface area contributed by atoms with Crippen molar-refractivity contribution in [2.45, 2.75) is 39.0 Å². The number of carbonyl (C=O) groups excluding carboxylic acids is 2. The summed E-state index contributed by atoms with van der Waals surface area (Å²) in [5.74, 6) is 0.239. The SMILES string of the molecule is CCCOc1ccc(/C=C2\C(=O)NN(c3ccccc3)C2=O)c2c1CCCC2. The highest BCUT2D eigenvalue weighted by Gasteiger charge is 2.34. The number of hydrogen-bond acceptors (Lipinski definition) is 3. The van der Waals surface area contributed by atoms with Crippen LogP contribution in [0.15, 0.2) is 48.0 Å². The molecule has 1 saturated heterocycles. The van der Waals surface area contributed by atoms with E-state index in [-0.39, 0.29) is 17.4 Å². The van der Waals surface area contributed by atoms with Gasteiger partial charge in [0.05, 0.1) is 12.3 Å². The summed E-state index contributed by atoms with van der Waals surface area (Å²) in [4.78, 5) is 25.3. The normalized spacial score (nSPS) is 17.6. The number of fused-ring (bicyclic) bond motifs is 1. The topological polar surface area (TPSA) is 58.6 Å². The minimum atomic E-state index is -0.371. The first-order chi connectivity index (χ1) is 13.7. The number of benzene rings is 2. The Balaban J connectivity index is 1.69. The van der Waals surface area contributed by atoms with Crippen molar-refractivity contribution in [3.05, 3.63) is 64.7 Å². The lowest BCUT2D eigenvalue weighted by Gasteiger charge is -2.22. The van der Waals surface area contributed by atoms with Gasteiger partial charge in [-0.25, -0.2) is 5.01 Å². The van der Waals surface area contributed by atoms with Crippen LogP contribution in [0.25, 0.3) is 6.08 Å². The van der Waals surface area contributed by atoms with E-state index < -0.39 is 0 Å². The Labute approximate surface area is 165 Å². The average Bonchev–Trinajstić information content (AvgIpc) is 3.02. The second-order valence-corrected chi connectivity index (χ2v) is 7.14. The highest BCUT2D eigenvalue weighted by molar-refractivity contribution is 6.31. The summed E-state index contributed by atoms with van der Waals surface area (Å²) < 4.78 is 5.92. The van der Waals surface area contributed by atoms with Gasteiger partial charge in [-0.3, -0.25) is 15.0 Å². The molecule has 0 unspecified atom stereocenters. The van der Waals surface area contributed by atoms with Crippen LogP contribution in [-0.2, 0) is 22.4 Å². The Kier molecular flexibility index (Phi) is 5.15. The summed E-state index contributed by atoms with van der Waals surface area (Å²) in [6, 6.07) is 13.1. The number of carbonyl (C=O) groups is 2. The van der Waals surface area contributed by atoms with Crippen molar-refractivity contribution in [3.63, 3.8) is 0 Å². The van der Waals surface area contributed by atoms with Gasteiger partial charge >= 0.3 is 0 Å². The molecule has 0 bridgehead atoms. The quantitative estimate of drug-likeness (QED) is 0.638. The fraction of sp³-hybridized carbons (Fsp3) is 0.304. The Hall–Kier alpha value is -3.08. The van der Waals surface area contributed by atoms with Gasteiger partial charge in [-0.15, -0.1) is 0 Å². The smallest absolute Gasteiger partial charge is 0.282 e. The Morgan fingerprint density at radius 1 is 1.04 bits per heavy atom. The molecule has 144 valence electrons. The van der Waals surface area contributed by atoms with E-state index in [9.17, 15) is 9.59 Å². The molecule has 2 aromatic rings. The first kappa shape index (κ1) is 18.3. The van der Waals surface area contributed by atoms with Gasteiger partial charge in [0.25, 0.3) is 11.8 Å². The van der Waals surface area contributed by atoms with Crippen molar-refractivity contribution >= 4 is 23.6 Å². The van der Waals surface area contributed by atoms with Gasteiger partial charge in [0.2, 0.25) is 0 Å². The molecule has 0 saturated carbocycles. The van der Waals surface area contributed by atoms with E-state index >= 15 is 0 Å². The Bertz CT molecular complexity index is 934. The van der Waals surface area contributed by atoms with Crippen molar-refractivity contribution in [2.75, 3.05) is 11.6 Å². The summed E-state index contributed by atoms with van der Waals surface area (Å²) in [7, 11) is 0. The molecule has 0 radical (unpaired) electrons. The molecule has 1 fully saturated rings. The molecule has 1 aliphatic heterocycles. The lowest BCUT2D eigenvalue weighted by atomic mass is 9.87. The monoisotopic (exact) mass is 376 g/mol. The standard InChI is InChI=1S/C23H24N2O3/c1-2-14-28-21-13-12-16(18-10-6-7-11-19(18)21)15-20-22(26)24-25(23(20)27)17-8-4-3-5-9-17/h3-5,8-9,12-13,15H,2,6-7,10-11,14H2,1H3,(H,24,26)/b20-15+. The molecule has 2 amide bonds. The molecule has 5 heteroatoms. The number of para-hydroxylation sites is 1. The number of amides is 2. The largest absolute Gasteiger partial charge is 0.493 e. The Morgan fingerprint density at radius 3 is 2.54 bits per heavy atom. The molecule has 28 heavy (non-hydrogen) atoms. The zero-order chi connectivity index (χ0) is 19.5. The third-order valence-electron chi connectivity index (χ3n) is 5.20. The summed E-state index contributed by atoms with van der Waals surface area (Å²) in [6.45, 7) is 2.79. The molecule has 0 spiro atoms. The van der Waals surface area contributed by atoms with Gasteiger partial charge in [0.1, 0.15) is 11.3 Å². The van der Waals surface area contributed by atoms with Crippen LogP contribution >= 0.6 is 0 Å². The van der Waals surface area contributed by atoms with E-state index in [2.05, 4.69) is 12.3 Å². The van der Waals surface area contributed by atoms with Gasteiger partial charge in [0, 0.05) is 0 Å². The van der Waals surface area contributed by atoms with E-state index in [1.165, 1.54) is 16.1 Å². The fourth-order valence-electron chi connectivity index (χ4n) is 3.82. The van der Waals surface area contributed by atoms with Gasteiger partial charge < -0.3 is 4.74 Å². The molecular weight excluding hydrogens is 352 g/mol. The number of rotatable bonds is 5. The van der Waals surface area contributed by atoms with Crippen LogP contribution in [0.3, 0.4) is 0 Å². The Morgan fingerprint density at radius 2 is 1.79 bits per heavy atom. The first-order valence-corrected chi connectivity index (χ1v) is 9.88.